The van der Waals surface area contributed by atoms with Gasteiger partial charge in [0.05, 0.1) is 24.2 Å². The van der Waals surface area contributed by atoms with Gasteiger partial charge in [-0.2, -0.15) is 0 Å². The molecule has 0 aliphatic heterocycles. The van der Waals surface area contributed by atoms with E-state index in [1.165, 1.54) is 0 Å². The van der Waals surface area contributed by atoms with Crippen LogP contribution in [0.3, 0.4) is 0 Å². The number of hydrogen-bond acceptors (Lipinski definition) is 4. The van der Waals surface area contributed by atoms with E-state index < -0.39 is 20.5 Å². The van der Waals surface area contributed by atoms with Crippen LogP contribution in [0.2, 0.25) is 5.02 Å². The number of halogens is 1. The molecular weight excluding hydrogens is 300 g/mol. The van der Waals surface area contributed by atoms with Crippen LogP contribution in [0.1, 0.15) is 25.8 Å². The summed E-state index contributed by atoms with van der Waals surface area (Å²) in [5.74, 6) is -0.100. The van der Waals surface area contributed by atoms with Crippen LogP contribution in [0.5, 0.6) is 0 Å². The molecular formula is C14H21ClO4S. The second kappa shape index (κ2) is 6.89. The zero-order valence-corrected chi connectivity index (χ0v) is 13.3. The predicted octanol–water partition coefficient (Wildman–Crippen LogP) is 1.78. The van der Waals surface area contributed by atoms with Crippen LogP contribution >= 0.6 is 11.6 Å². The zero-order valence-electron chi connectivity index (χ0n) is 11.7. The number of rotatable bonds is 7. The molecule has 0 bridgehead atoms. The maximum atomic E-state index is 11.9. The van der Waals surface area contributed by atoms with Crippen molar-refractivity contribution >= 4 is 21.4 Å². The summed E-state index contributed by atoms with van der Waals surface area (Å²) >= 11 is 6.11. The van der Waals surface area contributed by atoms with Crippen molar-refractivity contribution in [2.24, 2.45) is 0 Å². The fraction of sp³-hybridized carbons (Fsp3) is 0.571. The molecule has 0 aliphatic rings. The Labute approximate surface area is 125 Å². The first-order valence-corrected chi connectivity index (χ1v) is 8.57. The Hall–Kier alpha value is -0.620. The van der Waals surface area contributed by atoms with Crippen LogP contribution in [-0.2, 0) is 15.3 Å². The van der Waals surface area contributed by atoms with Gasteiger partial charge in [0.15, 0.2) is 9.84 Å². The van der Waals surface area contributed by atoms with Gasteiger partial charge >= 0.3 is 0 Å². The fourth-order valence-electron chi connectivity index (χ4n) is 1.98. The molecule has 0 unspecified atom stereocenters. The Balaban J connectivity index is 3.09. The van der Waals surface area contributed by atoms with E-state index in [2.05, 4.69) is 0 Å². The van der Waals surface area contributed by atoms with Gasteiger partial charge in [-0.25, -0.2) is 8.42 Å². The summed E-state index contributed by atoms with van der Waals surface area (Å²) in [7, 11) is -3.24. The number of aliphatic hydroxyl groups is 2. The Morgan fingerprint density at radius 1 is 1.20 bits per heavy atom. The van der Waals surface area contributed by atoms with Gasteiger partial charge in [0.1, 0.15) is 0 Å². The Morgan fingerprint density at radius 3 is 2.20 bits per heavy atom. The van der Waals surface area contributed by atoms with Gasteiger partial charge in [-0.05, 0) is 31.9 Å². The van der Waals surface area contributed by atoms with Crippen LogP contribution in [0.15, 0.2) is 24.3 Å². The first-order chi connectivity index (χ1) is 9.29. The standard InChI is InChI=1S/C14H21ClO4S/c1-11(2)20(18,19)8-7-14(9-16,10-17)12-5-3-4-6-13(12)15/h3-6,11,16-17H,7-10H2,1-2H3. The molecule has 0 saturated heterocycles. The second-order valence-electron chi connectivity index (χ2n) is 5.24. The van der Waals surface area contributed by atoms with Crippen molar-refractivity contribution < 1.29 is 18.6 Å². The SMILES string of the molecule is CC(C)S(=O)(=O)CCC(CO)(CO)c1ccccc1Cl. The maximum Gasteiger partial charge on any atom is 0.152 e. The molecule has 6 heteroatoms. The first-order valence-electron chi connectivity index (χ1n) is 6.47. The average molecular weight is 321 g/mol. The molecule has 0 saturated carbocycles. The summed E-state index contributed by atoms with van der Waals surface area (Å²) < 4.78 is 23.9. The smallest absolute Gasteiger partial charge is 0.152 e. The van der Waals surface area contributed by atoms with E-state index >= 15 is 0 Å². The van der Waals surface area contributed by atoms with Crippen LogP contribution in [0, 0.1) is 0 Å². The molecule has 114 valence electrons. The third kappa shape index (κ3) is 3.73. The highest BCUT2D eigenvalue weighted by Crippen LogP contribution is 2.33. The molecule has 20 heavy (non-hydrogen) atoms. The van der Waals surface area contributed by atoms with E-state index in [0.29, 0.717) is 10.6 Å². The lowest BCUT2D eigenvalue weighted by atomic mass is 9.79. The van der Waals surface area contributed by atoms with Crippen molar-refractivity contribution in [2.75, 3.05) is 19.0 Å². The molecule has 0 fully saturated rings. The van der Waals surface area contributed by atoms with E-state index in [1.807, 2.05) is 0 Å². The van der Waals surface area contributed by atoms with E-state index in [9.17, 15) is 18.6 Å². The summed E-state index contributed by atoms with van der Waals surface area (Å²) in [6.07, 6.45) is 0.129. The third-order valence-electron chi connectivity index (χ3n) is 3.63. The van der Waals surface area contributed by atoms with Crippen molar-refractivity contribution in [3.63, 3.8) is 0 Å². The van der Waals surface area contributed by atoms with Crippen molar-refractivity contribution in [3.8, 4) is 0 Å². The number of aliphatic hydroxyl groups excluding tert-OH is 2. The Kier molecular flexibility index (Phi) is 6.01. The topological polar surface area (TPSA) is 74.6 Å². The maximum absolute atomic E-state index is 11.9. The largest absolute Gasteiger partial charge is 0.395 e. The summed E-state index contributed by atoms with van der Waals surface area (Å²) in [5, 5.41) is 19.3. The van der Waals surface area contributed by atoms with Crippen LogP contribution in [-0.4, -0.2) is 42.8 Å². The molecule has 0 aliphatic carbocycles. The third-order valence-corrected chi connectivity index (χ3v) is 6.17. The first kappa shape index (κ1) is 17.4. The number of hydrogen-bond donors (Lipinski definition) is 2. The summed E-state index contributed by atoms with van der Waals surface area (Å²) in [6, 6.07) is 6.86. The zero-order chi connectivity index (χ0) is 15.4. The molecule has 1 aromatic carbocycles. The fourth-order valence-corrected chi connectivity index (χ4v) is 3.46. The minimum absolute atomic E-state index is 0.100. The molecule has 1 rings (SSSR count). The lowest BCUT2D eigenvalue weighted by Gasteiger charge is -2.31. The Morgan fingerprint density at radius 2 is 1.75 bits per heavy atom. The van der Waals surface area contributed by atoms with Gasteiger partial charge in [-0.1, -0.05) is 29.8 Å². The van der Waals surface area contributed by atoms with Gasteiger partial charge in [0.2, 0.25) is 0 Å². The predicted molar refractivity (Wildman–Crippen MR) is 80.8 cm³/mol. The van der Waals surface area contributed by atoms with Crippen molar-refractivity contribution in [2.45, 2.75) is 30.9 Å². The van der Waals surface area contributed by atoms with Gasteiger partial charge in [-0.15, -0.1) is 0 Å². The van der Waals surface area contributed by atoms with Crippen LogP contribution < -0.4 is 0 Å². The van der Waals surface area contributed by atoms with E-state index in [0.717, 1.165) is 0 Å². The highest BCUT2D eigenvalue weighted by atomic mass is 35.5. The molecule has 0 heterocycles. The molecule has 0 amide bonds. The highest BCUT2D eigenvalue weighted by molar-refractivity contribution is 7.91. The normalized spacial score (nSPS) is 12.9. The van der Waals surface area contributed by atoms with Gasteiger partial charge in [-0.3, -0.25) is 0 Å². The summed E-state index contributed by atoms with van der Waals surface area (Å²) in [6.45, 7) is 2.51. The number of sulfone groups is 1. The molecule has 1 aromatic rings. The van der Waals surface area contributed by atoms with E-state index in [4.69, 9.17) is 11.6 Å². The van der Waals surface area contributed by atoms with Gasteiger partial charge in [0, 0.05) is 10.4 Å². The number of benzene rings is 1. The lowest BCUT2D eigenvalue weighted by molar-refractivity contribution is 0.114. The Bertz CT molecular complexity index is 536. The van der Waals surface area contributed by atoms with Gasteiger partial charge < -0.3 is 10.2 Å². The quantitative estimate of drug-likeness (QED) is 0.803. The lowest BCUT2D eigenvalue weighted by Crippen LogP contribution is -2.38. The van der Waals surface area contributed by atoms with Crippen molar-refractivity contribution in [1.82, 2.24) is 0 Å². The summed E-state index contributed by atoms with van der Waals surface area (Å²) in [4.78, 5) is 0. The minimum atomic E-state index is -3.24. The van der Waals surface area contributed by atoms with E-state index in [1.54, 1.807) is 38.1 Å². The van der Waals surface area contributed by atoms with Crippen LogP contribution in [0.25, 0.3) is 0 Å². The van der Waals surface area contributed by atoms with E-state index in [-0.39, 0.29) is 25.4 Å². The molecule has 4 nitrogen and oxygen atoms in total. The van der Waals surface area contributed by atoms with Gasteiger partial charge in [0.25, 0.3) is 0 Å². The molecule has 0 radical (unpaired) electrons. The monoisotopic (exact) mass is 320 g/mol. The van der Waals surface area contributed by atoms with Crippen molar-refractivity contribution in [3.05, 3.63) is 34.9 Å². The molecule has 0 aromatic heterocycles. The second-order valence-corrected chi connectivity index (χ2v) is 8.33. The molecule has 0 spiro atoms. The average Bonchev–Trinajstić information content (AvgIpc) is 2.42. The highest BCUT2D eigenvalue weighted by Gasteiger charge is 2.34. The van der Waals surface area contributed by atoms with Crippen molar-refractivity contribution in [1.29, 1.82) is 0 Å². The van der Waals surface area contributed by atoms with Crippen LogP contribution in [0.4, 0.5) is 0 Å². The molecule has 0 atom stereocenters. The molecule has 2 N–H and O–H groups in total. The minimum Gasteiger partial charge on any atom is -0.395 e. The summed E-state index contributed by atoms with van der Waals surface area (Å²) in [5.41, 5.74) is -0.467.